The normalized spacial score (nSPS) is 17.1. The van der Waals surface area contributed by atoms with Crippen molar-refractivity contribution in [2.45, 2.75) is 19.8 Å². The average Bonchev–Trinajstić information content (AvgIpc) is 2.71. The van der Waals surface area contributed by atoms with E-state index in [4.69, 9.17) is 4.74 Å². The van der Waals surface area contributed by atoms with Crippen LogP contribution in [0.25, 0.3) is 11.0 Å². The highest BCUT2D eigenvalue weighted by Gasteiger charge is 2.25. The van der Waals surface area contributed by atoms with Gasteiger partial charge in [-0.2, -0.15) is 0 Å². The van der Waals surface area contributed by atoms with Gasteiger partial charge in [0.25, 0.3) is 5.91 Å². The van der Waals surface area contributed by atoms with Crippen molar-refractivity contribution in [1.82, 2.24) is 14.9 Å². The van der Waals surface area contributed by atoms with Gasteiger partial charge in [-0.3, -0.25) is 14.8 Å². The molecule has 138 valence electrons. The van der Waals surface area contributed by atoms with Crippen LogP contribution in [0, 0.1) is 12.8 Å². The predicted octanol–water partition coefficient (Wildman–Crippen LogP) is 3.87. The van der Waals surface area contributed by atoms with E-state index in [2.05, 4.69) is 23.0 Å². The number of likely N-dealkylation sites (tertiary alicyclic amines) is 1. The fourth-order valence-corrected chi connectivity index (χ4v) is 3.58. The Morgan fingerprint density at radius 2 is 2.00 bits per heavy atom. The number of piperidine rings is 1. The SMILES string of the molecule is Cc1cccc(OC[C@@H]2CCCN(C(=O)c3ccc4nccnc4c3)C2)c1. The summed E-state index contributed by atoms with van der Waals surface area (Å²) in [7, 11) is 0. The molecule has 1 aromatic heterocycles. The number of hydrogen-bond acceptors (Lipinski definition) is 4. The number of aromatic nitrogens is 2. The number of ether oxygens (including phenoxy) is 1. The third-order valence-electron chi connectivity index (χ3n) is 5.00. The lowest BCUT2D eigenvalue weighted by Crippen LogP contribution is -2.41. The third-order valence-corrected chi connectivity index (χ3v) is 5.00. The molecule has 4 rings (SSSR count). The number of carbonyl (C=O) groups is 1. The van der Waals surface area contributed by atoms with Gasteiger partial charge in [0, 0.05) is 37.0 Å². The molecular formula is C22H23N3O2. The van der Waals surface area contributed by atoms with E-state index in [0.29, 0.717) is 18.1 Å². The van der Waals surface area contributed by atoms with Crippen molar-refractivity contribution >= 4 is 16.9 Å². The number of fused-ring (bicyclic) bond motifs is 1. The summed E-state index contributed by atoms with van der Waals surface area (Å²) in [6.07, 6.45) is 5.39. The Morgan fingerprint density at radius 3 is 2.85 bits per heavy atom. The smallest absolute Gasteiger partial charge is 0.253 e. The highest BCUT2D eigenvalue weighted by molar-refractivity contribution is 5.97. The van der Waals surface area contributed by atoms with Crippen molar-refractivity contribution in [2.24, 2.45) is 5.92 Å². The molecule has 0 unspecified atom stereocenters. The van der Waals surface area contributed by atoms with E-state index in [1.165, 1.54) is 5.56 Å². The second-order valence-electron chi connectivity index (χ2n) is 7.15. The summed E-state index contributed by atoms with van der Waals surface area (Å²) in [5.74, 6) is 1.30. The zero-order valence-corrected chi connectivity index (χ0v) is 15.5. The van der Waals surface area contributed by atoms with Crippen LogP contribution < -0.4 is 4.74 Å². The molecule has 1 fully saturated rings. The quantitative estimate of drug-likeness (QED) is 0.708. The number of benzene rings is 2. The molecule has 3 aromatic rings. The van der Waals surface area contributed by atoms with Crippen molar-refractivity contribution in [3.05, 3.63) is 66.0 Å². The number of aryl methyl sites for hydroxylation is 1. The Morgan fingerprint density at radius 1 is 1.15 bits per heavy atom. The molecule has 0 radical (unpaired) electrons. The van der Waals surface area contributed by atoms with E-state index in [1.54, 1.807) is 12.4 Å². The summed E-state index contributed by atoms with van der Waals surface area (Å²) in [6, 6.07) is 13.6. The summed E-state index contributed by atoms with van der Waals surface area (Å²) in [5.41, 5.74) is 3.41. The first-order valence-electron chi connectivity index (χ1n) is 9.38. The number of nitrogens with zero attached hydrogens (tertiary/aromatic N) is 3. The summed E-state index contributed by atoms with van der Waals surface area (Å²) in [4.78, 5) is 23.4. The lowest BCUT2D eigenvalue weighted by Gasteiger charge is -2.32. The summed E-state index contributed by atoms with van der Waals surface area (Å²) < 4.78 is 5.96. The zero-order chi connectivity index (χ0) is 18.6. The first kappa shape index (κ1) is 17.5. The van der Waals surface area contributed by atoms with E-state index in [0.717, 1.165) is 42.7 Å². The van der Waals surface area contributed by atoms with E-state index in [9.17, 15) is 4.79 Å². The van der Waals surface area contributed by atoms with Gasteiger partial charge in [-0.05, 0) is 55.7 Å². The van der Waals surface area contributed by atoms with Gasteiger partial charge in [0.05, 0.1) is 17.6 Å². The molecule has 0 N–H and O–H groups in total. The standard InChI is InChI=1S/C22H23N3O2/c1-16-4-2-6-19(12-16)27-15-17-5-3-11-25(14-17)22(26)18-7-8-20-21(13-18)24-10-9-23-20/h2,4,6-10,12-13,17H,3,5,11,14-15H2,1H3/t17-/m1/s1. The fourth-order valence-electron chi connectivity index (χ4n) is 3.58. The Balaban J connectivity index is 1.41. The molecule has 2 aromatic carbocycles. The molecule has 5 heteroatoms. The highest BCUT2D eigenvalue weighted by Crippen LogP contribution is 2.22. The van der Waals surface area contributed by atoms with E-state index >= 15 is 0 Å². The largest absolute Gasteiger partial charge is 0.493 e. The maximum atomic E-state index is 12.9. The van der Waals surface area contributed by atoms with Crippen LogP contribution in [0.3, 0.4) is 0 Å². The Hall–Kier alpha value is -2.95. The average molecular weight is 361 g/mol. The number of carbonyl (C=O) groups excluding carboxylic acids is 1. The molecule has 27 heavy (non-hydrogen) atoms. The van der Waals surface area contributed by atoms with Crippen molar-refractivity contribution in [1.29, 1.82) is 0 Å². The highest BCUT2D eigenvalue weighted by atomic mass is 16.5. The van der Waals surface area contributed by atoms with Crippen LogP contribution in [0.1, 0.15) is 28.8 Å². The van der Waals surface area contributed by atoms with Crippen LogP contribution in [0.5, 0.6) is 5.75 Å². The monoisotopic (exact) mass is 361 g/mol. The van der Waals surface area contributed by atoms with Gasteiger partial charge in [-0.15, -0.1) is 0 Å². The van der Waals surface area contributed by atoms with Crippen LogP contribution >= 0.6 is 0 Å². The minimum atomic E-state index is 0.0582. The van der Waals surface area contributed by atoms with Gasteiger partial charge in [0.1, 0.15) is 5.75 Å². The van der Waals surface area contributed by atoms with Crippen molar-refractivity contribution < 1.29 is 9.53 Å². The summed E-state index contributed by atoms with van der Waals surface area (Å²) >= 11 is 0. The van der Waals surface area contributed by atoms with Crippen molar-refractivity contribution in [2.75, 3.05) is 19.7 Å². The Labute approximate surface area is 159 Å². The number of rotatable bonds is 4. The molecule has 0 saturated carbocycles. The van der Waals surface area contributed by atoms with Gasteiger partial charge in [0.2, 0.25) is 0 Å². The van der Waals surface area contributed by atoms with Gasteiger partial charge in [0.15, 0.2) is 0 Å². The van der Waals surface area contributed by atoms with Crippen LogP contribution in [-0.4, -0.2) is 40.5 Å². The van der Waals surface area contributed by atoms with E-state index in [-0.39, 0.29) is 5.91 Å². The first-order valence-corrected chi connectivity index (χ1v) is 9.38. The lowest BCUT2D eigenvalue weighted by atomic mass is 9.98. The molecule has 1 saturated heterocycles. The van der Waals surface area contributed by atoms with Crippen LogP contribution in [-0.2, 0) is 0 Å². The molecule has 0 bridgehead atoms. The van der Waals surface area contributed by atoms with Gasteiger partial charge in [-0.25, -0.2) is 0 Å². The molecule has 0 aliphatic carbocycles. The van der Waals surface area contributed by atoms with E-state index < -0.39 is 0 Å². The summed E-state index contributed by atoms with van der Waals surface area (Å²) in [5, 5.41) is 0. The maximum Gasteiger partial charge on any atom is 0.253 e. The predicted molar refractivity (Wildman–Crippen MR) is 105 cm³/mol. The molecule has 2 heterocycles. The Bertz CT molecular complexity index is 957. The van der Waals surface area contributed by atoms with Crippen molar-refractivity contribution in [3.63, 3.8) is 0 Å². The Kier molecular flexibility index (Phi) is 5.01. The molecule has 1 atom stereocenters. The van der Waals surface area contributed by atoms with Gasteiger partial charge >= 0.3 is 0 Å². The molecule has 1 amide bonds. The van der Waals surface area contributed by atoms with Crippen molar-refractivity contribution in [3.8, 4) is 5.75 Å². The molecule has 1 aliphatic rings. The maximum absolute atomic E-state index is 12.9. The second-order valence-corrected chi connectivity index (χ2v) is 7.15. The topological polar surface area (TPSA) is 55.3 Å². The minimum Gasteiger partial charge on any atom is -0.493 e. The summed E-state index contributed by atoms with van der Waals surface area (Å²) in [6.45, 7) is 4.21. The zero-order valence-electron chi connectivity index (χ0n) is 15.5. The lowest BCUT2D eigenvalue weighted by molar-refractivity contribution is 0.0633. The molecule has 0 spiro atoms. The third kappa shape index (κ3) is 4.08. The molecular weight excluding hydrogens is 338 g/mol. The first-order chi connectivity index (χ1) is 13.2. The fraction of sp³-hybridized carbons (Fsp3) is 0.318. The number of hydrogen-bond donors (Lipinski definition) is 0. The molecule has 1 aliphatic heterocycles. The minimum absolute atomic E-state index is 0.0582. The van der Waals surface area contributed by atoms with Crippen LogP contribution in [0.4, 0.5) is 0 Å². The van der Waals surface area contributed by atoms with E-state index in [1.807, 2.05) is 41.3 Å². The van der Waals surface area contributed by atoms with Gasteiger partial charge in [-0.1, -0.05) is 12.1 Å². The van der Waals surface area contributed by atoms with Gasteiger partial charge < -0.3 is 9.64 Å². The number of amides is 1. The second kappa shape index (κ2) is 7.74. The van der Waals surface area contributed by atoms with Crippen LogP contribution in [0.2, 0.25) is 0 Å². The van der Waals surface area contributed by atoms with Crippen LogP contribution in [0.15, 0.2) is 54.9 Å². The molecule has 5 nitrogen and oxygen atoms in total.